The van der Waals surface area contributed by atoms with Gasteiger partial charge in [0.05, 0.1) is 16.6 Å². The standard InChI is InChI=1S/C11H10F3N3/c1-4-5(2)16-7-3-6(12)9(13)10(14)8(7)11(4)17-15/h3H,15H2,1-2H3,(H,16,17). The van der Waals surface area contributed by atoms with E-state index in [0.29, 0.717) is 11.3 Å². The Bertz CT molecular complexity index is 606. The van der Waals surface area contributed by atoms with Gasteiger partial charge in [-0.3, -0.25) is 10.8 Å². The Morgan fingerprint density at radius 1 is 1.18 bits per heavy atom. The van der Waals surface area contributed by atoms with Crippen molar-refractivity contribution in [2.24, 2.45) is 5.84 Å². The Balaban J connectivity index is 3.02. The molecule has 1 heterocycles. The molecular weight excluding hydrogens is 231 g/mol. The fraction of sp³-hybridized carbons (Fsp3) is 0.182. The Labute approximate surface area is 95.4 Å². The normalized spacial score (nSPS) is 10.9. The molecule has 0 radical (unpaired) electrons. The number of hydrogen-bond acceptors (Lipinski definition) is 3. The van der Waals surface area contributed by atoms with Crippen LogP contribution in [0, 0.1) is 31.3 Å². The number of hydrazine groups is 1. The van der Waals surface area contributed by atoms with Crippen molar-refractivity contribution in [1.29, 1.82) is 0 Å². The van der Waals surface area contributed by atoms with Crippen molar-refractivity contribution in [3.63, 3.8) is 0 Å². The molecule has 2 rings (SSSR count). The third kappa shape index (κ3) is 1.61. The summed E-state index contributed by atoms with van der Waals surface area (Å²) in [6, 6.07) is 0.848. The summed E-state index contributed by atoms with van der Waals surface area (Å²) in [4.78, 5) is 4.00. The second-order valence-electron chi connectivity index (χ2n) is 3.72. The summed E-state index contributed by atoms with van der Waals surface area (Å²) in [5.74, 6) is 1.20. The monoisotopic (exact) mass is 241 g/mol. The summed E-state index contributed by atoms with van der Waals surface area (Å²) >= 11 is 0. The molecule has 2 aromatic rings. The number of hydrogen-bond donors (Lipinski definition) is 2. The molecule has 0 amide bonds. The molecule has 0 atom stereocenters. The predicted octanol–water partition coefficient (Wildman–Crippen LogP) is 2.55. The molecular formula is C11H10F3N3. The number of halogens is 3. The van der Waals surface area contributed by atoms with Crippen molar-refractivity contribution in [1.82, 2.24) is 4.98 Å². The molecule has 3 N–H and O–H groups in total. The van der Waals surface area contributed by atoms with Crippen LogP contribution >= 0.6 is 0 Å². The molecule has 17 heavy (non-hydrogen) atoms. The van der Waals surface area contributed by atoms with E-state index in [1.165, 1.54) is 0 Å². The van der Waals surface area contributed by atoms with Crippen LogP contribution in [0.2, 0.25) is 0 Å². The third-order valence-electron chi connectivity index (χ3n) is 2.74. The molecule has 0 spiro atoms. The number of nitrogens with zero attached hydrogens (tertiary/aromatic N) is 1. The van der Waals surface area contributed by atoms with Crippen LogP contribution in [0.15, 0.2) is 6.07 Å². The van der Waals surface area contributed by atoms with Gasteiger partial charge in [0.2, 0.25) is 0 Å². The molecule has 3 nitrogen and oxygen atoms in total. The van der Waals surface area contributed by atoms with Crippen molar-refractivity contribution >= 4 is 16.6 Å². The number of nitrogens with one attached hydrogen (secondary N) is 1. The third-order valence-corrected chi connectivity index (χ3v) is 2.74. The van der Waals surface area contributed by atoms with Crippen molar-refractivity contribution in [2.45, 2.75) is 13.8 Å². The zero-order chi connectivity index (χ0) is 12.7. The summed E-state index contributed by atoms with van der Waals surface area (Å²) in [5, 5.41) is -0.144. The first-order valence-electron chi connectivity index (χ1n) is 4.88. The summed E-state index contributed by atoms with van der Waals surface area (Å²) in [7, 11) is 0. The maximum Gasteiger partial charge on any atom is 0.195 e. The zero-order valence-corrected chi connectivity index (χ0v) is 9.24. The van der Waals surface area contributed by atoms with Crippen LogP contribution in [0.3, 0.4) is 0 Å². The van der Waals surface area contributed by atoms with E-state index in [1.807, 2.05) is 0 Å². The van der Waals surface area contributed by atoms with Gasteiger partial charge in [0.15, 0.2) is 17.5 Å². The van der Waals surface area contributed by atoms with Crippen LogP contribution in [0.1, 0.15) is 11.3 Å². The molecule has 6 heteroatoms. The highest BCUT2D eigenvalue weighted by molar-refractivity contribution is 5.93. The molecule has 1 aromatic heterocycles. The Hall–Kier alpha value is -1.82. The SMILES string of the molecule is Cc1nc2cc(F)c(F)c(F)c2c(NN)c1C. The minimum absolute atomic E-state index is 0.0254. The molecule has 0 fully saturated rings. The van der Waals surface area contributed by atoms with Gasteiger partial charge in [-0.15, -0.1) is 0 Å². The summed E-state index contributed by atoms with van der Waals surface area (Å²) in [6.07, 6.45) is 0. The maximum absolute atomic E-state index is 13.7. The van der Waals surface area contributed by atoms with Crippen LogP contribution in [-0.4, -0.2) is 4.98 Å². The lowest BCUT2D eigenvalue weighted by atomic mass is 10.1. The van der Waals surface area contributed by atoms with Crippen molar-refractivity contribution in [2.75, 3.05) is 5.43 Å². The lowest BCUT2D eigenvalue weighted by Gasteiger charge is -2.12. The van der Waals surface area contributed by atoms with E-state index in [1.54, 1.807) is 13.8 Å². The number of rotatable bonds is 1. The first kappa shape index (κ1) is 11.7. The lowest BCUT2D eigenvalue weighted by Crippen LogP contribution is -2.11. The second-order valence-corrected chi connectivity index (χ2v) is 3.72. The molecule has 1 aromatic carbocycles. The number of aromatic nitrogens is 1. The fourth-order valence-electron chi connectivity index (χ4n) is 1.72. The van der Waals surface area contributed by atoms with Crippen LogP contribution in [0.25, 0.3) is 10.9 Å². The highest BCUT2D eigenvalue weighted by Crippen LogP contribution is 2.31. The summed E-state index contributed by atoms with van der Waals surface area (Å²) in [6.45, 7) is 3.34. The molecule has 0 bridgehead atoms. The molecule has 0 saturated heterocycles. The van der Waals surface area contributed by atoms with Gasteiger partial charge in [0.1, 0.15) is 0 Å². The Kier molecular flexibility index (Phi) is 2.66. The van der Waals surface area contributed by atoms with E-state index < -0.39 is 17.5 Å². The smallest absolute Gasteiger partial charge is 0.195 e. The topological polar surface area (TPSA) is 50.9 Å². The van der Waals surface area contributed by atoms with Crippen LogP contribution in [0.4, 0.5) is 18.9 Å². The largest absolute Gasteiger partial charge is 0.323 e. The van der Waals surface area contributed by atoms with Gasteiger partial charge < -0.3 is 5.43 Å². The minimum atomic E-state index is -1.53. The van der Waals surface area contributed by atoms with Crippen LogP contribution in [0.5, 0.6) is 0 Å². The van der Waals surface area contributed by atoms with E-state index in [-0.39, 0.29) is 16.6 Å². The quantitative estimate of drug-likeness (QED) is 0.458. The molecule has 0 aliphatic heterocycles. The predicted molar refractivity (Wildman–Crippen MR) is 58.9 cm³/mol. The van der Waals surface area contributed by atoms with Gasteiger partial charge >= 0.3 is 0 Å². The molecule has 0 saturated carbocycles. The van der Waals surface area contributed by atoms with Gasteiger partial charge in [-0.05, 0) is 19.4 Å². The highest BCUT2D eigenvalue weighted by atomic mass is 19.2. The Morgan fingerprint density at radius 3 is 2.41 bits per heavy atom. The molecule has 0 aliphatic carbocycles. The van der Waals surface area contributed by atoms with Gasteiger partial charge in [-0.2, -0.15) is 0 Å². The van der Waals surface area contributed by atoms with Gasteiger partial charge in [-0.1, -0.05) is 0 Å². The zero-order valence-electron chi connectivity index (χ0n) is 9.24. The average Bonchev–Trinajstić information content (AvgIpc) is 2.29. The molecule has 90 valence electrons. The maximum atomic E-state index is 13.7. The van der Waals surface area contributed by atoms with Gasteiger partial charge in [-0.25, -0.2) is 13.2 Å². The van der Waals surface area contributed by atoms with E-state index in [2.05, 4.69) is 10.4 Å². The van der Waals surface area contributed by atoms with Gasteiger partial charge in [0.25, 0.3) is 0 Å². The first-order chi connectivity index (χ1) is 7.97. The molecule has 0 unspecified atom stereocenters. The van der Waals surface area contributed by atoms with Crippen LogP contribution < -0.4 is 11.3 Å². The number of nitrogens with two attached hydrogens (primary N) is 1. The number of fused-ring (bicyclic) bond motifs is 1. The molecule has 0 aliphatic rings. The second kappa shape index (κ2) is 3.89. The fourth-order valence-corrected chi connectivity index (χ4v) is 1.72. The van der Waals surface area contributed by atoms with Crippen molar-refractivity contribution in [3.8, 4) is 0 Å². The number of aryl methyl sites for hydroxylation is 1. The van der Waals surface area contributed by atoms with Crippen molar-refractivity contribution in [3.05, 3.63) is 34.8 Å². The van der Waals surface area contributed by atoms with Gasteiger partial charge in [0, 0.05) is 11.8 Å². The Morgan fingerprint density at radius 2 is 1.82 bits per heavy atom. The number of nitrogen functional groups attached to an aromatic ring is 1. The summed E-state index contributed by atoms with van der Waals surface area (Å²) < 4.78 is 39.9. The number of anilines is 1. The average molecular weight is 241 g/mol. The van der Waals surface area contributed by atoms with E-state index in [9.17, 15) is 13.2 Å². The lowest BCUT2D eigenvalue weighted by molar-refractivity contribution is 0.453. The first-order valence-corrected chi connectivity index (χ1v) is 4.88. The van der Waals surface area contributed by atoms with E-state index >= 15 is 0 Å². The number of pyridine rings is 1. The minimum Gasteiger partial charge on any atom is -0.323 e. The van der Waals surface area contributed by atoms with Crippen LogP contribution in [-0.2, 0) is 0 Å². The van der Waals surface area contributed by atoms with E-state index in [0.717, 1.165) is 6.07 Å². The number of benzene rings is 1. The van der Waals surface area contributed by atoms with Crippen molar-refractivity contribution < 1.29 is 13.2 Å². The highest BCUT2D eigenvalue weighted by Gasteiger charge is 2.19. The van der Waals surface area contributed by atoms with E-state index in [4.69, 9.17) is 5.84 Å². The summed E-state index contributed by atoms with van der Waals surface area (Å²) in [5.41, 5.74) is 3.69.